The average Bonchev–Trinajstić information content (AvgIpc) is 2.28. The van der Waals surface area contributed by atoms with Gasteiger partial charge in [-0.15, -0.1) is 0 Å². The van der Waals surface area contributed by atoms with Gasteiger partial charge in [0.25, 0.3) is 0 Å². The van der Waals surface area contributed by atoms with Crippen molar-refractivity contribution in [3.63, 3.8) is 0 Å². The van der Waals surface area contributed by atoms with Crippen molar-refractivity contribution in [2.75, 3.05) is 20.3 Å². The van der Waals surface area contributed by atoms with E-state index in [1.807, 2.05) is 12.4 Å². The Kier molecular flexibility index (Phi) is 5.97. The lowest BCUT2D eigenvalue weighted by Crippen LogP contribution is -2.29. The number of aromatic nitrogens is 1. The van der Waals surface area contributed by atoms with Crippen LogP contribution in [-0.2, 0) is 11.2 Å². The van der Waals surface area contributed by atoms with E-state index in [1.54, 1.807) is 7.11 Å². The van der Waals surface area contributed by atoms with Crippen molar-refractivity contribution < 1.29 is 4.74 Å². The molecule has 0 bridgehead atoms. The minimum atomic E-state index is 0.520. The number of rotatable bonds is 7. The molecule has 3 heteroatoms. The Morgan fingerprint density at radius 1 is 1.40 bits per heavy atom. The van der Waals surface area contributed by atoms with Gasteiger partial charge in [-0.05, 0) is 44.0 Å². The van der Waals surface area contributed by atoms with Gasteiger partial charge in [0.2, 0.25) is 0 Å². The van der Waals surface area contributed by atoms with Crippen molar-refractivity contribution >= 4 is 0 Å². The van der Waals surface area contributed by atoms with E-state index in [9.17, 15) is 0 Å². The summed E-state index contributed by atoms with van der Waals surface area (Å²) in [5.74, 6) is 0. The zero-order chi connectivity index (χ0) is 10.9. The van der Waals surface area contributed by atoms with E-state index in [1.165, 1.54) is 5.56 Å². The number of pyridine rings is 1. The summed E-state index contributed by atoms with van der Waals surface area (Å²) in [4.78, 5) is 3.99. The molecule has 0 spiro atoms. The van der Waals surface area contributed by atoms with Crippen molar-refractivity contribution in [3.05, 3.63) is 30.1 Å². The maximum Gasteiger partial charge on any atom is 0.0476 e. The molecule has 0 radical (unpaired) electrons. The SMILES string of the molecule is COCCC(C)NCCc1ccncc1. The van der Waals surface area contributed by atoms with Gasteiger partial charge in [-0.3, -0.25) is 4.98 Å². The molecule has 84 valence electrons. The van der Waals surface area contributed by atoms with Crippen LogP contribution in [0, 0.1) is 0 Å². The van der Waals surface area contributed by atoms with Crippen molar-refractivity contribution in [2.24, 2.45) is 0 Å². The molecule has 1 rings (SSSR count). The highest BCUT2D eigenvalue weighted by Crippen LogP contribution is 1.97. The minimum Gasteiger partial charge on any atom is -0.385 e. The Morgan fingerprint density at radius 3 is 2.80 bits per heavy atom. The van der Waals surface area contributed by atoms with E-state index in [0.29, 0.717) is 6.04 Å². The molecule has 1 atom stereocenters. The van der Waals surface area contributed by atoms with Gasteiger partial charge in [0.1, 0.15) is 0 Å². The number of hydrogen-bond donors (Lipinski definition) is 1. The van der Waals surface area contributed by atoms with Crippen molar-refractivity contribution in [1.82, 2.24) is 10.3 Å². The van der Waals surface area contributed by atoms with Crippen molar-refractivity contribution in [2.45, 2.75) is 25.8 Å². The lowest BCUT2D eigenvalue weighted by Gasteiger charge is -2.12. The second-order valence-corrected chi connectivity index (χ2v) is 3.74. The number of hydrogen-bond acceptors (Lipinski definition) is 3. The smallest absolute Gasteiger partial charge is 0.0476 e. The molecule has 1 unspecified atom stereocenters. The summed E-state index contributed by atoms with van der Waals surface area (Å²) < 4.78 is 5.03. The monoisotopic (exact) mass is 208 g/mol. The summed E-state index contributed by atoms with van der Waals surface area (Å²) in [6, 6.07) is 4.63. The van der Waals surface area contributed by atoms with Gasteiger partial charge in [0, 0.05) is 32.2 Å². The first-order chi connectivity index (χ1) is 7.33. The Bertz CT molecular complexity index is 251. The zero-order valence-corrected chi connectivity index (χ0v) is 9.57. The van der Waals surface area contributed by atoms with Crippen molar-refractivity contribution in [3.8, 4) is 0 Å². The predicted octanol–water partition coefficient (Wildman–Crippen LogP) is 1.64. The summed E-state index contributed by atoms with van der Waals surface area (Å²) in [7, 11) is 1.74. The third-order valence-electron chi connectivity index (χ3n) is 2.41. The van der Waals surface area contributed by atoms with Crippen LogP contribution in [0.25, 0.3) is 0 Å². The number of nitrogens with zero attached hydrogens (tertiary/aromatic N) is 1. The van der Waals surface area contributed by atoms with Gasteiger partial charge in [0.15, 0.2) is 0 Å². The molecule has 3 nitrogen and oxygen atoms in total. The summed E-state index contributed by atoms with van der Waals surface area (Å²) in [6.45, 7) is 4.02. The van der Waals surface area contributed by atoms with Crippen molar-refractivity contribution in [1.29, 1.82) is 0 Å². The highest BCUT2D eigenvalue weighted by atomic mass is 16.5. The van der Waals surface area contributed by atoms with Crippen LogP contribution in [0.1, 0.15) is 18.9 Å². The van der Waals surface area contributed by atoms with Crippen LogP contribution in [0.2, 0.25) is 0 Å². The van der Waals surface area contributed by atoms with Gasteiger partial charge >= 0.3 is 0 Å². The van der Waals surface area contributed by atoms with Gasteiger partial charge in [-0.25, -0.2) is 0 Å². The van der Waals surface area contributed by atoms with Gasteiger partial charge in [0.05, 0.1) is 0 Å². The zero-order valence-electron chi connectivity index (χ0n) is 9.57. The average molecular weight is 208 g/mol. The Hall–Kier alpha value is -0.930. The lowest BCUT2D eigenvalue weighted by molar-refractivity contribution is 0.185. The van der Waals surface area contributed by atoms with Gasteiger partial charge < -0.3 is 10.1 Å². The topological polar surface area (TPSA) is 34.1 Å². The Labute approximate surface area is 91.9 Å². The van der Waals surface area contributed by atoms with Crippen LogP contribution < -0.4 is 5.32 Å². The fourth-order valence-electron chi connectivity index (χ4n) is 1.41. The van der Waals surface area contributed by atoms with Crippen LogP contribution in [0.5, 0.6) is 0 Å². The number of methoxy groups -OCH3 is 1. The fraction of sp³-hybridized carbons (Fsp3) is 0.583. The molecule has 1 N–H and O–H groups in total. The van der Waals surface area contributed by atoms with E-state index in [4.69, 9.17) is 4.74 Å². The van der Waals surface area contributed by atoms with Crippen LogP contribution in [0.4, 0.5) is 0 Å². The highest BCUT2D eigenvalue weighted by molar-refractivity contribution is 5.09. The van der Waals surface area contributed by atoms with Crippen LogP contribution in [0.15, 0.2) is 24.5 Å². The lowest BCUT2D eigenvalue weighted by atomic mass is 10.2. The fourth-order valence-corrected chi connectivity index (χ4v) is 1.41. The molecule has 0 saturated carbocycles. The first-order valence-corrected chi connectivity index (χ1v) is 5.44. The molecule has 0 aliphatic heterocycles. The highest BCUT2D eigenvalue weighted by Gasteiger charge is 1.99. The molecule has 0 amide bonds. The molecule has 0 aliphatic carbocycles. The maximum absolute atomic E-state index is 5.03. The molecule has 0 aliphatic rings. The Balaban J connectivity index is 2.11. The molecule has 1 aromatic rings. The molecule has 15 heavy (non-hydrogen) atoms. The Morgan fingerprint density at radius 2 is 2.13 bits per heavy atom. The molecule has 0 fully saturated rings. The third kappa shape index (κ3) is 5.50. The summed E-state index contributed by atoms with van der Waals surface area (Å²) in [5.41, 5.74) is 1.33. The first kappa shape index (κ1) is 12.1. The minimum absolute atomic E-state index is 0.520. The van der Waals surface area contributed by atoms with E-state index in [2.05, 4.69) is 29.4 Å². The molecular formula is C12H20N2O. The summed E-state index contributed by atoms with van der Waals surface area (Å²) >= 11 is 0. The van der Waals surface area contributed by atoms with Crippen LogP contribution in [0.3, 0.4) is 0 Å². The van der Waals surface area contributed by atoms with Gasteiger partial charge in [-0.1, -0.05) is 0 Å². The summed E-state index contributed by atoms with van der Waals surface area (Å²) in [5, 5.41) is 3.47. The molecule has 1 aromatic heterocycles. The van der Waals surface area contributed by atoms with E-state index >= 15 is 0 Å². The van der Waals surface area contributed by atoms with E-state index in [-0.39, 0.29) is 0 Å². The number of nitrogens with one attached hydrogen (secondary N) is 1. The second kappa shape index (κ2) is 7.37. The predicted molar refractivity (Wildman–Crippen MR) is 61.9 cm³/mol. The first-order valence-electron chi connectivity index (χ1n) is 5.44. The molecule has 0 aromatic carbocycles. The largest absolute Gasteiger partial charge is 0.385 e. The van der Waals surface area contributed by atoms with E-state index in [0.717, 1.165) is 26.0 Å². The number of ether oxygens (including phenoxy) is 1. The summed E-state index contributed by atoms with van der Waals surface area (Å²) in [6.07, 6.45) is 5.79. The van der Waals surface area contributed by atoms with Gasteiger partial charge in [-0.2, -0.15) is 0 Å². The molecular weight excluding hydrogens is 188 g/mol. The third-order valence-corrected chi connectivity index (χ3v) is 2.41. The van der Waals surface area contributed by atoms with Crippen LogP contribution >= 0.6 is 0 Å². The quantitative estimate of drug-likeness (QED) is 0.739. The second-order valence-electron chi connectivity index (χ2n) is 3.74. The normalized spacial score (nSPS) is 12.7. The molecule has 1 heterocycles. The maximum atomic E-state index is 5.03. The van der Waals surface area contributed by atoms with E-state index < -0.39 is 0 Å². The standard InChI is InChI=1S/C12H20N2O/c1-11(6-10-15-2)14-9-5-12-3-7-13-8-4-12/h3-4,7-8,11,14H,5-6,9-10H2,1-2H3. The molecule has 0 saturated heterocycles. The van der Waals surface area contributed by atoms with Crippen LogP contribution in [-0.4, -0.2) is 31.3 Å².